The molecule has 0 bridgehead atoms. The average Bonchev–Trinajstić information content (AvgIpc) is 3.31. The molecule has 3 aromatic rings. The number of anilines is 1. The van der Waals surface area contributed by atoms with Crippen molar-refractivity contribution in [2.45, 2.75) is 25.9 Å². The minimum absolute atomic E-state index is 0.0203. The van der Waals surface area contributed by atoms with Gasteiger partial charge in [-0.1, -0.05) is 31.2 Å². The Kier molecular flexibility index (Phi) is 5.20. The number of hydrogen-bond donors (Lipinski definition) is 1. The Morgan fingerprint density at radius 2 is 2.00 bits per heavy atom. The van der Waals surface area contributed by atoms with Crippen LogP contribution >= 0.6 is 0 Å². The fourth-order valence-electron chi connectivity index (χ4n) is 3.77. The van der Waals surface area contributed by atoms with Gasteiger partial charge in [0.1, 0.15) is 5.75 Å². The summed E-state index contributed by atoms with van der Waals surface area (Å²) in [5.41, 5.74) is 2.65. The van der Waals surface area contributed by atoms with E-state index in [9.17, 15) is 9.59 Å². The highest BCUT2D eigenvalue weighted by Gasteiger charge is 2.33. The van der Waals surface area contributed by atoms with Gasteiger partial charge in [0.25, 0.3) is 0 Å². The van der Waals surface area contributed by atoms with Gasteiger partial charge < -0.3 is 19.5 Å². The van der Waals surface area contributed by atoms with Crippen molar-refractivity contribution in [1.29, 1.82) is 0 Å². The fourth-order valence-corrected chi connectivity index (χ4v) is 3.77. The smallest absolute Gasteiger partial charge is 0.229 e. The van der Waals surface area contributed by atoms with Crippen LogP contribution in [0.25, 0.3) is 11.0 Å². The van der Waals surface area contributed by atoms with Gasteiger partial charge in [-0.25, -0.2) is 4.98 Å². The van der Waals surface area contributed by atoms with Gasteiger partial charge in [0.05, 0.1) is 42.1 Å². The summed E-state index contributed by atoms with van der Waals surface area (Å²) in [5, 5.41) is 3.03. The topological polar surface area (TPSA) is 76.5 Å². The molecule has 1 N–H and O–H groups in total. The molecule has 150 valence electrons. The molecule has 7 heteroatoms. The average molecular weight is 392 g/mol. The van der Waals surface area contributed by atoms with E-state index >= 15 is 0 Å². The van der Waals surface area contributed by atoms with Crippen molar-refractivity contribution in [3.05, 3.63) is 54.9 Å². The van der Waals surface area contributed by atoms with Crippen LogP contribution in [0.5, 0.6) is 5.75 Å². The van der Waals surface area contributed by atoms with Gasteiger partial charge in [-0.05, 0) is 24.3 Å². The Hall–Kier alpha value is -3.35. The molecule has 0 radical (unpaired) electrons. The highest BCUT2D eigenvalue weighted by Crippen LogP contribution is 2.31. The van der Waals surface area contributed by atoms with Crippen molar-refractivity contribution in [3.8, 4) is 5.75 Å². The zero-order valence-corrected chi connectivity index (χ0v) is 16.5. The van der Waals surface area contributed by atoms with Gasteiger partial charge >= 0.3 is 0 Å². The lowest BCUT2D eigenvalue weighted by atomic mass is 10.1. The second-order valence-electron chi connectivity index (χ2n) is 7.37. The molecule has 1 aliphatic rings. The van der Waals surface area contributed by atoms with Crippen molar-refractivity contribution in [2.24, 2.45) is 5.92 Å². The third kappa shape index (κ3) is 3.81. The second-order valence-corrected chi connectivity index (χ2v) is 7.37. The van der Waals surface area contributed by atoms with E-state index in [1.165, 1.54) is 0 Å². The molecule has 0 saturated carbocycles. The number of amides is 2. The van der Waals surface area contributed by atoms with E-state index in [0.29, 0.717) is 18.8 Å². The van der Waals surface area contributed by atoms with Gasteiger partial charge in [0.2, 0.25) is 11.8 Å². The monoisotopic (exact) mass is 392 g/mol. The first kappa shape index (κ1) is 19.0. The molecule has 1 aromatic heterocycles. The van der Waals surface area contributed by atoms with Crippen LogP contribution in [-0.2, 0) is 16.1 Å². The molecule has 0 unspecified atom stereocenters. The van der Waals surface area contributed by atoms with E-state index in [1.807, 2.05) is 60.0 Å². The zero-order valence-electron chi connectivity index (χ0n) is 16.5. The van der Waals surface area contributed by atoms with Gasteiger partial charge in [-0.3, -0.25) is 9.59 Å². The first-order valence-electron chi connectivity index (χ1n) is 9.70. The summed E-state index contributed by atoms with van der Waals surface area (Å²) in [7, 11) is 1.58. The third-order valence-electron chi connectivity index (χ3n) is 5.29. The van der Waals surface area contributed by atoms with E-state index in [-0.39, 0.29) is 30.2 Å². The largest absolute Gasteiger partial charge is 0.495 e. The maximum Gasteiger partial charge on any atom is 0.229 e. The van der Waals surface area contributed by atoms with Crippen LogP contribution in [0, 0.1) is 5.92 Å². The minimum atomic E-state index is -0.247. The Balaban J connectivity index is 1.40. The summed E-state index contributed by atoms with van der Waals surface area (Å²) < 4.78 is 7.35. The predicted octanol–water partition coefficient (Wildman–Crippen LogP) is 2.60. The molecule has 0 aliphatic carbocycles. The van der Waals surface area contributed by atoms with E-state index in [0.717, 1.165) is 16.7 Å². The van der Waals surface area contributed by atoms with Crippen molar-refractivity contribution in [1.82, 2.24) is 14.9 Å². The number of rotatable bonds is 6. The van der Waals surface area contributed by atoms with E-state index in [1.54, 1.807) is 18.3 Å². The molecule has 2 aromatic carbocycles. The first-order chi connectivity index (χ1) is 14.1. The fraction of sp³-hybridized carbons (Fsp3) is 0.318. The molecular weight excluding hydrogens is 368 g/mol. The standard InChI is InChI=1S/C22H24N4O3/c1-15(12-25-14-23-17-7-3-4-8-18(17)25)22(28)24-16-11-21(27)26(13-16)19-9-5-6-10-20(19)29-2/h3-10,14-16H,11-13H2,1-2H3,(H,24,28)/t15-,16+/m1/s1. The SMILES string of the molecule is COc1ccccc1N1C[C@@H](NC(=O)[C@H](C)Cn2cnc3ccccc32)CC1=O. The molecule has 7 nitrogen and oxygen atoms in total. The number of aromatic nitrogens is 2. The summed E-state index contributed by atoms with van der Waals surface area (Å²) in [5.74, 6) is 0.312. The number of carbonyl (C=O) groups excluding carboxylic acids is 2. The summed E-state index contributed by atoms with van der Waals surface area (Å²) in [6, 6.07) is 15.0. The first-order valence-corrected chi connectivity index (χ1v) is 9.70. The number of ether oxygens (including phenoxy) is 1. The summed E-state index contributed by atoms with van der Waals surface area (Å²) in [6.07, 6.45) is 2.04. The van der Waals surface area contributed by atoms with Crippen LogP contribution in [0.1, 0.15) is 13.3 Å². The Morgan fingerprint density at radius 1 is 1.24 bits per heavy atom. The van der Waals surface area contributed by atoms with E-state index in [2.05, 4.69) is 10.3 Å². The van der Waals surface area contributed by atoms with Crippen LogP contribution in [0.4, 0.5) is 5.69 Å². The predicted molar refractivity (Wildman–Crippen MR) is 111 cm³/mol. The molecule has 2 heterocycles. The second kappa shape index (κ2) is 7.95. The van der Waals surface area contributed by atoms with Crippen LogP contribution in [0.2, 0.25) is 0 Å². The van der Waals surface area contributed by atoms with Crippen molar-refractivity contribution in [3.63, 3.8) is 0 Å². The van der Waals surface area contributed by atoms with E-state index < -0.39 is 0 Å². The van der Waals surface area contributed by atoms with Crippen molar-refractivity contribution >= 4 is 28.5 Å². The maximum absolute atomic E-state index is 12.7. The molecule has 29 heavy (non-hydrogen) atoms. The number of imidazole rings is 1. The molecule has 1 saturated heterocycles. The lowest BCUT2D eigenvalue weighted by molar-refractivity contribution is -0.125. The van der Waals surface area contributed by atoms with Crippen LogP contribution < -0.4 is 15.0 Å². The van der Waals surface area contributed by atoms with Crippen LogP contribution in [0.15, 0.2) is 54.9 Å². The number of benzene rings is 2. The summed E-state index contributed by atoms with van der Waals surface area (Å²) >= 11 is 0. The number of fused-ring (bicyclic) bond motifs is 1. The normalized spacial score (nSPS) is 17.5. The van der Waals surface area contributed by atoms with Crippen molar-refractivity contribution in [2.75, 3.05) is 18.6 Å². The lowest BCUT2D eigenvalue weighted by Gasteiger charge is -2.20. The van der Waals surface area contributed by atoms with Gasteiger partial charge in [-0.15, -0.1) is 0 Å². The van der Waals surface area contributed by atoms with Crippen molar-refractivity contribution < 1.29 is 14.3 Å². The van der Waals surface area contributed by atoms with Crippen LogP contribution in [-0.4, -0.2) is 41.1 Å². The molecule has 1 fully saturated rings. The number of carbonyl (C=O) groups is 2. The van der Waals surface area contributed by atoms with Gasteiger partial charge in [-0.2, -0.15) is 0 Å². The maximum atomic E-state index is 12.7. The van der Waals surface area contributed by atoms with Gasteiger partial charge in [0.15, 0.2) is 0 Å². The Labute approximate surface area is 169 Å². The minimum Gasteiger partial charge on any atom is -0.495 e. The Morgan fingerprint density at radius 3 is 2.83 bits per heavy atom. The number of hydrogen-bond acceptors (Lipinski definition) is 4. The molecule has 1 aliphatic heterocycles. The number of nitrogens with one attached hydrogen (secondary N) is 1. The molecular formula is C22H24N4O3. The third-order valence-corrected chi connectivity index (χ3v) is 5.29. The van der Waals surface area contributed by atoms with Crippen LogP contribution in [0.3, 0.4) is 0 Å². The zero-order chi connectivity index (χ0) is 20.4. The van der Waals surface area contributed by atoms with E-state index in [4.69, 9.17) is 4.74 Å². The highest BCUT2D eigenvalue weighted by molar-refractivity contribution is 5.98. The molecule has 2 amide bonds. The highest BCUT2D eigenvalue weighted by atomic mass is 16.5. The number of nitrogens with zero attached hydrogens (tertiary/aromatic N) is 3. The van der Waals surface area contributed by atoms with Gasteiger partial charge in [0, 0.05) is 19.5 Å². The lowest BCUT2D eigenvalue weighted by Crippen LogP contribution is -2.40. The molecule has 2 atom stereocenters. The molecule has 0 spiro atoms. The number of methoxy groups -OCH3 is 1. The molecule has 4 rings (SSSR count). The quantitative estimate of drug-likeness (QED) is 0.700. The summed E-state index contributed by atoms with van der Waals surface area (Å²) in [6.45, 7) is 2.85. The number of para-hydroxylation sites is 4. The Bertz CT molecular complexity index is 1050. The summed E-state index contributed by atoms with van der Waals surface area (Å²) in [4.78, 5) is 31.3.